The minimum absolute atomic E-state index is 0.143. The van der Waals surface area contributed by atoms with Gasteiger partial charge in [0.1, 0.15) is 0 Å². The fourth-order valence-corrected chi connectivity index (χ4v) is 4.29. The van der Waals surface area contributed by atoms with E-state index in [1.54, 1.807) is 7.11 Å². The Kier molecular flexibility index (Phi) is 8.48. The second-order valence-corrected chi connectivity index (χ2v) is 9.25. The molecule has 1 unspecified atom stereocenters. The third-order valence-corrected chi connectivity index (χ3v) is 6.18. The van der Waals surface area contributed by atoms with Gasteiger partial charge in [0.15, 0.2) is 11.5 Å². The molecule has 2 N–H and O–H groups in total. The molecule has 1 aliphatic rings. The number of carbonyl (C=O) groups is 1. The maximum atomic E-state index is 13.0. The highest BCUT2D eigenvalue weighted by Crippen LogP contribution is 2.43. The molecule has 33 heavy (non-hydrogen) atoms. The molecule has 1 aliphatic heterocycles. The number of nitrogens with one attached hydrogen (secondary N) is 2. The monoisotopic (exact) mass is 454 g/mol. The molecule has 3 rings (SSSR count). The van der Waals surface area contributed by atoms with Crippen LogP contribution in [0.15, 0.2) is 30.3 Å². The fraction of sp³-hybridized carbons (Fsp3) is 0.519. The van der Waals surface area contributed by atoms with E-state index < -0.39 is 0 Å². The molecule has 6 heteroatoms. The lowest BCUT2D eigenvalue weighted by Gasteiger charge is -2.22. The number of rotatable bonds is 10. The van der Waals surface area contributed by atoms with Gasteiger partial charge < -0.3 is 24.8 Å². The van der Waals surface area contributed by atoms with Crippen molar-refractivity contribution in [3.05, 3.63) is 47.0 Å². The van der Waals surface area contributed by atoms with Gasteiger partial charge in [-0.2, -0.15) is 0 Å². The lowest BCUT2D eigenvalue weighted by atomic mass is 9.92. The first-order valence-electron chi connectivity index (χ1n) is 12.0. The molecule has 0 aliphatic carbocycles. The van der Waals surface area contributed by atoms with Gasteiger partial charge >= 0.3 is 6.03 Å². The Morgan fingerprint density at radius 3 is 2.39 bits per heavy atom. The summed E-state index contributed by atoms with van der Waals surface area (Å²) in [6.45, 7) is 11.5. The molecule has 2 amide bonds. The number of hydrogen-bond donors (Lipinski definition) is 2. The van der Waals surface area contributed by atoms with E-state index in [1.165, 1.54) is 0 Å². The van der Waals surface area contributed by atoms with Crippen LogP contribution in [0.1, 0.15) is 88.3 Å². The summed E-state index contributed by atoms with van der Waals surface area (Å²) in [6.07, 6.45) is 3.11. The molecule has 0 saturated carbocycles. The van der Waals surface area contributed by atoms with Crippen molar-refractivity contribution in [3.8, 4) is 17.2 Å². The van der Waals surface area contributed by atoms with E-state index in [0.29, 0.717) is 35.6 Å². The van der Waals surface area contributed by atoms with Gasteiger partial charge in [0.05, 0.1) is 7.11 Å². The first-order valence-corrected chi connectivity index (χ1v) is 12.0. The summed E-state index contributed by atoms with van der Waals surface area (Å²) < 4.78 is 16.7. The third kappa shape index (κ3) is 5.92. The number of benzene rings is 2. The number of amides is 2. The number of urea groups is 1. The molecule has 1 heterocycles. The third-order valence-electron chi connectivity index (χ3n) is 6.18. The lowest BCUT2D eigenvalue weighted by Crippen LogP contribution is -2.33. The molecule has 0 radical (unpaired) electrons. The summed E-state index contributed by atoms with van der Waals surface area (Å²) in [5.41, 5.74) is 4.31. The van der Waals surface area contributed by atoms with Crippen LogP contribution in [-0.4, -0.2) is 26.5 Å². The fourth-order valence-electron chi connectivity index (χ4n) is 4.29. The van der Waals surface area contributed by atoms with Gasteiger partial charge in [-0.15, -0.1) is 0 Å². The number of carbonyl (C=O) groups excluding carboxylic acids is 1. The average molecular weight is 455 g/mol. The highest BCUT2D eigenvalue weighted by molar-refractivity contribution is 5.91. The van der Waals surface area contributed by atoms with E-state index in [2.05, 4.69) is 63.5 Å². The Morgan fingerprint density at radius 1 is 1.09 bits per heavy atom. The topological polar surface area (TPSA) is 68.8 Å². The zero-order chi connectivity index (χ0) is 24.0. The zero-order valence-corrected chi connectivity index (χ0v) is 20.8. The van der Waals surface area contributed by atoms with Gasteiger partial charge in [-0.25, -0.2) is 4.79 Å². The quantitative estimate of drug-likeness (QED) is 0.416. The Balaban J connectivity index is 1.77. The minimum atomic E-state index is -0.181. The molecule has 0 saturated heterocycles. The van der Waals surface area contributed by atoms with Crippen LogP contribution < -0.4 is 24.8 Å². The summed E-state index contributed by atoms with van der Waals surface area (Å²) in [7, 11) is 1.63. The number of fused-ring (bicyclic) bond motifs is 1. The standard InChI is InChI=1S/C27H38N2O4/c1-7-8-10-19(20-13-23(31-6)26-24(14-20)32-16-33-26)15-28-27(30)29-25-21(17(2)3)11-9-12-22(25)18(4)5/h9,11-14,17-19H,7-8,10,15-16H2,1-6H3,(H2,28,29,30). The van der Waals surface area contributed by atoms with Crippen molar-refractivity contribution < 1.29 is 19.0 Å². The van der Waals surface area contributed by atoms with Gasteiger partial charge in [0.2, 0.25) is 12.5 Å². The summed E-state index contributed by atoms with van der Waals surface area (Å²) in [6, 6.07) is 10.1. The highest BCUT2D eigenvalue weighted by atomic mass is 16.7. The van der Waals surface area contributed by atoms with Gasteiger partial charge in [0.25, 0.3) is 0 Å². The molecular weight excluding hydrogens is 416 g/mol. The first kappa shape index (κ1) is 24.7. The Bertz CT molecular complexity index is 929. The summed E-state index contributed by atoms with van der Waals surface area (Å²) in [5.74, 6) is 2.78. The van der Waals surface area contributed by atoms with Crippen LogP contribution in [-0.2, 0) is 0 Å². The molecule has 2 aromatic carbocycles. The van der Waals surface area contributed by atoms with E-state index in [4.69, 9.17) is 14.2 Å². The lowest BCUT2D eigenvalue weighted by molar-refractivity contribution is 0.171. The molecule has 0 spiro atoms. The molecule has 180 valence electrons. The summed E-state index contributed by atoms with van der Waals surface area (Å²) in [4.78, 5) is 13.0. The Hall–Kier alpha value is -2.89. The van der Waals surface area contributed by atoms with Crippen LogP contribution in [0.5, 0.6) is 17.2 Å². The molecule has 0 fully saturated rings. The van der Waals surface area contributed by atoms with Crippen molar-refractivity contribution in [2.75, 3.05) is 25.8 Å². The number of hydrogen-bond acceptors (Lipinski definition) is 4. The van der Waals surface area contributed by atoms with Crippen LogP contribution in [0.3, 0.4) is 0 Å². The second-order valence-electron chi connectivity index (χ2n) is 9.25. The van der Waals surface area contributed by atoms with Crippen LogP contribution in [0, 0.1) is 0 Å². The SMILES string of the molecule is CCCCC(CNC(=O)Nc1c(C(C)C)cccc1C(C)C)c1cc(OC)c2c(c1)OCO2. The molecule has 2 aromatic rings. The largest absolute Gasteiger partial charge is 0.493 e. The van der Waals surface area contributed by atoms with Crippen molar-refractivity contribution in [2.24, 2.45) is 0 Å². The van der Waals surface area contributed by atoms with Crippen molar-refractivity contribution in [2.45, 2.75) is 71.6 Å². The second kappa shape index (κ2) is 11.3. The molecule has 0 bridgehead atoms. The van der Waals surface area contributed by atoms with Crippen LogP contribution in [0.2, 0.25) is 0 Å². The van der Waals surface area contributed by atoms with Crippen LogP contribution >= 0.6 is 0 Å². The maximum Gasteiger partial charge on any atom is 0.319 e. The number of anilines is 1. The number of methoxy groups -OCH3 is 1. The van der Waals surface area contributed by atoms with Crippen molar-refractivity contribution in [1.82, 2.24) is 5.32 Å². The number of ether oxygens (including phenoxy) is 3. The summed E-state index contributed by atoms with van der Waals surface area (Å²) in [5, 5.41) is 6.26. The molecule has 1 atom stereocenters. The van der Waals surface area contributed by atoms with Gasteiger partial charge in [-0.3, -0.25) is 0 Å². The molecule has 0 aromatic heterocycles. The van der Waals surface area contributed by atoms with Crippen LogP contribution in [0.4, 0.5) is 10.5 Å². The minimum Gasteiger partial charge on any atom is -0.493 e. The molecule has 6 nitrogen and oxygen atoms in total. The number of unbranched alkanes of at least 4 members (excludes halogenated alkanes) is 1. The van der Waals surface area contributed by atoms with Crippen molar-refractivity contribution >= 4 is 11.7 Å². The predicted molar refractivity (Wildman–Crippen MR) is 133 cm³/mol. The zero-order valence-electron chi connectivity index (χ0n) is 20.8. The average Bonchev–Trinajstić information content (AvgIpc) is 3.27. The van der Waals surface area contributed by atoms with Crippen molar-refractivity contribution in [1.29, 1.82) is 0 Å². The first-order chi connectivity index (χ1) is 15.8. The van der Waals surface area contributed by atoms with Crippen molar-refractivity contribution in [3.63, 3.8) is 0 Å². The maximum absolute atomic E-state index is 13.0. The van der Waals surface area contributed by atoms with Crippen LogP contribution in [0.25, 0.3) is 0 Å². The van der Waals surface area contributed by atoms with E-state index >= 15 is 0 Å². The van der Waals surface area contributed by atoms with Gasteiger partial charge in [-0.05, 0) is 47.1 Å². The molecular formula is C27H38N2O4. The Labute approximate surface area is 198 Å². The van der Waals surface area contributed by atoms with E-state index in [0.717, 1.165) is 41.6 Å². The van der Waals surface area contributed by atoms with E-state index in [9.17, 15) is 4.79 Å². The highest BCUT2D eigenvalue weighted by Gasteiger charge is 2.24. The van der Waals surface area contributed by atoms with E-state index in [-0.39, 0.29) is 18.7 Å². The van der Waals surface area contributed by atoms with Gasteiger partial charge in [-0.1, -0.05) is 65.7 Å². The summed E-state index contributed by atoms with van der Waals surface area (Å²) >= 11 is 0. The number of para-hydroxylation sites is 1. The normalized spacial score (nSPS) is 13.3. The Morgan fingerprint density at radius 2 is 1.79 bits per heavy atom. The smallest absolute Gasteiger partial charge is 0.319 e. The van der Waals surface area contributed by atoms with Gasteiger partial charge in [0, 0.05) is 18.2 Å². The predicted octanol–water partition coefficient (Wildman–Crippen LogP) is 6.77. The van der Waals surface area contributed by atoms with E-state index in [1.807, 2.05) is 12.1 Å².